The monoisotopic (exact) mass is 274 g/mol. The summed E-state index contributed by atoms with van der Waals surface area (Å²) in [7, 11) is 1.68. The van der Waals surface area contributed by atoms with Gasteiger partial charge in [-0.1, -0.05) is 19.1 Å². The standard InChI is InChI=1S/C16H22N2O2/c1-4-9-20-15-8-6-7-13-14(17-5-2)10-12(11-19-3)18-16(13)15/h6-8,10H,4-5,9,11H2,1-3H3,(H,17,18). The number of ether oxygens (including phenoxy) is 2. The highest BCUT2D eigenvalue weighted by molar-refractivity contribution is 5.95. The molecule has 0 aliphatic carbocycles. The average molecular weight is 274 g/mol. The van der Waals surface area contributed by atoms with E-state index in [0.717, 1.165) is 41.0 Å². The van der Waals surface area contributed by atoms with Crippen molar-refractivity contribution in [1.29, 1.82) is 0 Å². The molecule has 4 heteroatoms. The number of methoxy groups -OCH3 is 1. The summed E-state index contributed by atoms with van der Waals surface area (Å²) in [5.41, 5.74) is 2.88. The van der Waals surface area contributed by atoms with Gasteiger partial charge in [0, 0.05) is 24.7 Å². The molecule has 1 aromatic carbocycles. The molecule has 0 saturated heterocycles. The lowest BCUT2D eigenvalue weighted by Crippen LogP contribution is -2.03. The van der Waals surface area contributed by atoms with Crippen LogP contribution < -0.4 is 10.1 Å². The Morgan fingerprint density at radius 3 is 2.80 bits per heavy atom. The molecule has 0 saturated carbocycles. The SMILES string of the molecule is CCCOc1cccc2c(NCC)cc(COC)nc12. The highest BCUT2D eigenvalue weighted by Crippen LogP contribution is 2.30. The van der Waals surface area contributed by atoms with E-state index in [1.807, 2.05) is 18.2 Å². The van der Waals surface area contributed by atoms with Crippen LogP contribution in [0, 0.1) is 0 Å². The van der Waals surface area contributed by atoms with Gasteiger partial charge in [0.2, 0.25) is 0 Å². The first-order valence-electron chi connectivity index (χ1n) is 7.08. The predicted molar refractivity (Wildman–Crippen MR) is 82.4 cm³/mol. The van der Waals surface area contributed by atoms with Crippen LogP contribution in [0.2, 0.25) is 0 Å². The number of rotatable bonds is 7. The number of anilines is 1. The molecular formula is C16H22N2O2. The minimum absolute atomic E-state index is 0.496. The first-order chi connectivity index (χ1) is 9.80. The van der Waals surface area contributed by atoms with Gasteiger partial charge >= 0.3 is 0 Å². The van der Waals surface area contributed by atoms with E-state index >= 15 is 0 Å². The summed E-state index contributed by atoms with van der Waals surface area (Å²) in [4.78, 5) is 4.67. The van der Waals surface area contributed by atoms with Gasteiger partial charge < -0.3 is 14.8 Å². The Morgan fingerprint density at radius 2 is 2.10 bits per heavy atom. The molecule has 2 aromatic rings. The number of nitrogens with one attached hydrogen (secondary N) is 1. The quantitative estimate of drug-likeness (QED) is 0.837. The van der Waals surface area contributed by atoms with Gasteiger partial charge in [-0.25, -0.2) is 4.98 Å². The first-order valence-corrected chi connectivity index (χ1v) is 7.08. The fourth-order valence-corrected chi connectivity index (χ4v) is 2.16. The van der Waals surface area contributed by atoms with Crippen LogP contribution in [0.4, 0.5) is 5.69 Å². The second kappa shape index (κ2) is 7.10. The summed E-state index contributed by atoms with van der Waals surface area (Å²) in [6.07, 6.45) is 0.980. The number of para-hydroxylation sites is 1. The van der Waals surface area contributed by atoms with Crippen molar-refractivity contribution < 1.29 is 9.47 Å². The smallest absolute Gasteiger partial charge is 0.145 e. The lowest BCUT2D eigenvalue weighted by atomic mass is 10.1. The Labute approximate surface area is 120 Å². The predicted octanol–water partition coefficient (Wildman–Crippen LogP) is 3.60. The van der Waals surface area contributed by atoms with Gasteiger partial charge in [0.15, 0.2) is 0 Å². The van der Waals surface area contributed by atoms with Crippen molar-refractivity contribution in [1.82, 2.24) is 4.98 Å². The number of fused-ring (bicyclic) bond motifs is 1. The number of aromatic nitrogens is 1. The van der Waals surface area contributed by atoms with Crippen LogP contribution in [-0.2, 0) is 11.3 Å². The zero-order chi connectivity index (χ0) is 14.4. The van der Waals surface area contributed by atoms with Crippen molar-refractivity contribution in [3.05, 3.63) is 30.0 Å². The molecule has 0 bridgehead atoms. The van der Waals surface area contributed by atoms with E-state index in [1.54, 1.807) is 7.11 Å². The zero-order valence-electron chi connectivity index (χ0n) is 12.4. The third-order valence-electron chi connectivity index (χ3n) is 2.98. The van der Waals surface area contributed by atoms with Crippen LogP contribution in [0.15, 0.2) is 24.3 Å². The minimum atomic E-state index is 0.496. The Bertz CT molecular complexity index is 570. The maximum Gasteiger partial charge on any atom is 0.145 e. The van der Waals surface area contributed by atoms with E-state index in [0.29, 0.717) is 13.2 Å². The number of nitrogens with zero attached hydrogens (tertiary/aromatic N) is 1. The van der Waals surface area contributed by atoms with Gasteiger partial charge in [-0.3, -0.25) is 0 Å². The van der Waals surface area contributed by atoms with Crippen LogP contribution in [0.3, 0.4) is 0 Å². The van der Waals surface area contributed by atoms with E-state index in [4.69, 9.17) is 9.47 Å². The lowest BCUT2D eigenvalue weighted by Gasteiger charge is -2.13. The summed E-state index contributed by atoms with van der Waals surface area (Å²) >= 11 is 0. The molecule has 1 N–H and O–H groups in total. The van der Waals surface area contributed by atoms with E-state index in [2.05, 4.69) is 30.2 Å². The van der Waals surface area contributed by atoms with Crippen molar-refractivity contribution in [2.75, 3.05) is 25.6 Å². The fraction of sp³-hybridized carbons (Fsp3) is 0.438. The van der Waals surface area contributed by atoms with Gasteiger partial charge in [0.25, 0.3) is 0 Å². The van der Waals surface area contributed by atoms with Crippen molar-refractivity contribution in [3.8, 4) is 5.75 Å². The number of hydrogen-bond acceptors (Lipinski definition) is 4. The molecule has 0 aliphatic rings. The largest absolute Gasteiger partial charge is 0.491 e. The van der Waals surface area contributed by atoms with Crippen molar-refractivity contribution in [3.63, 3.8) is 0 Å². The van der Waals surface area contributed by atoms with Gasteiger partial charge in [-0.15, -0.1) is 0 Å². The van der Waals surface area contributed by atoms with Crippen molar-refractivity contribution in [2.45, 2.75) is 26.9 Å². The van der Waals surface area contributed by atoms with E-state index in [9.17, 15) is 0 Å². The Morgan fingerprint density at radius 1 is 1.25 bits per heavy atom. The van der Waals surface area contributed by atoms with E-state index in [-0.39, 0.29) is 0 Å². The Kier molecular flexibility index (Phi) is 5.18. The van der Waals surface area contributed by atoms with Crippen LogP contribution in [0.1, 0.15) is 26.0 Å². The molecule has 0 fully saturated rings. The van der Waals surface area contributed by atoms with Gasteiger partial charge in [-0.2, -0.15) is 0 Å². The first kappa shape index (κ1) is 14.6. The summed E-state index contributed by atoms with van der Waals surface area (Å²) in [5, 5.41) is 4.47. The molecule has 0 unspecified atom stereocenters. The summed E-state index contributed by atoms with van der Waals surface area (Å²) in [6, 6.07) is 8.08. The average Bonchev–Trinajstić information content (AvgIpc) is 2.46. The molecule has 108 valence electrons. The molecule has 4 nitrogen and oxygen atoms in total. The Balaban J connectivity index is 2.53. The molecule has 1 aromatic heterocycles. The van der Waals surface area contributed by atoms with E-state index in [1.165, 1.54) is 0 Å². The second-order valence-corrected chi connectivity index (χ2v) is 4.63. The normalized spacial score (nSPS) is 10.8. The van der Waals surface area contributed by atoms with Gasteiger partial charge in [0.05, 0.1) is 18.9 Å². The van der Waals surface area contributed by atoms with Crippen molar-refractivity contribution in [2.24, 2.45) is 0 Å². The molecular weight excluding hydrogens is 252 g/mol. The molecule has 0 aliphatic heterocycles. The third kappa shape index (κ3) is 3.20. The minimum Gasteiger partial charge on any atom is -0.491 e. The summed E-state index contributed by atoms with van der Waals surface area (Å²) in [5.74, 6) is 0.835. The van der Waals surface area contributed by atoms with Crippen LogP contribution >= 0.6 is 0 Å². The lowest BCUT2D eigenvalue weighted by molar-refractivity contribution is 0.182. The molecule has 0 spiro atoms. The Hall–Kier alpha value is -1.81. The highest BCUT2D eigenvalue weighted by atomic mass is 16.5. The molecule has 2 rings (SSSR count). The number of pyridine rings is 1. The van der Waals surface area contributed by atoms with E-state index < -0.39 is 0 Å². The van der Waals surface area contributed by atoms with Gasteiger partial charge in [0.1, 0.15) is 11.3 Å². The number of benzene rings is 1. The summed E-state index contributed by atoms with van der Waals surface area (Å²) < 4.78 is 11.0. The van der Waals surface area contributed by atoms with Crippen molar-refractivity contribution >= 4 is 16.6 Å². The zero-order valence-corrected chi connectivity index (χ0v) is 12.4. The number of hydrogen-bond donors (Lipinski definition) is 1. The molecule has 0 amide bonds. The topological polar surface area (TPSA) is 43.4 Å². The molecule has 20 heavy (non-hydrogen) atoms. The third-order valence-corrected chi connectivity index (χ3v) is 2.98. The molecule has 0 radical (unpaired) electrons. The molecule has 1 heterocycles. The fourth-order valence-electron chi connectivity index (χ4n) is 2.16. The second-order valence-electron chi connectivity index (χ2n) is 4.63. The maximum absolute atomic E-state index is 5.80. The maximum atomic E-state index is 5.80. The van der Waals surface area contributed by atoms with Crippen LogP contribution in [0.25, 0.3) is 10.9 Å². The molecule has 0 atom stereocenters. The van der Waals surface area contributed by atoms with Crippen LogP contribution in [0.5, 0.6) is 5.75 Å². The summed E-state index contributed by atoms with van der Waals surface area (Å²) in [6.45, 7) is 6.24. The van der Waals surface area contributed by atoms with Crippen LogP contribution in [-0.4, -0.2) is 25.2 Å². The highest BCUT2D eigenvalue weighted by Gasteiger charge is 2.10. The van der Waals surface area contributed by atoms with Gasteiger partial charge in [-0.05, 0) is 25.5 Å².